The highest BCUT2D eigenvalue weighted by molar-refractivity contribution is 7.89. The van der Waals surface area contributed by atoms with Crippen LogP contribution in [0.25, 0.3) is 10.9 Å². The molecular formula is C28H31ClN8O4S. The van der Waals surface area contributed by atoms with Gasteiger partial charge in [0.05, 0.1) is 34.6 Å². The quantitative estimate of drug-likeness (QED) is 0.301. The highest BCUT2D eigenvalue weighted by Gasteiger charge is 2.57. The number of carbonyl (C=O) groups is 1. The number of aryl methyl sites for hydroxylation is 2. The molecule has 0 spiro atoms. The summed E-state index contributed by atoms with van der Waals surface area (Å²) in [6.45, 7) is 2.68. The molecule has 6 rings (SSSR count). The summed E-state index contributed by atoms with van der Waals surface area (Å²) in [5.74, 6) is 0.278. The lowest BCUT2D eigenvalue weighted by Gasteiger charge is -2.25. The van der Waals surface area contributed by atoms with Crippen molar-refractivity contribution in [3.8, 4) is 0 Å². The van der Waals surface area contributed by atoms with Crippen molar-refractivity contribution < 1.29 is 17.3 Å². The molecule has 4 heterocycles. The molecule has 1 unspecified atom stereocenters. The van der Waals surface area contributed by atoms with E-state index in [4.69, 9.17) is 20.7 Å². The normalized spacial score (nSPS) is 21.8. The van der Waals surface area contributed by atoms with Crippen LogP contribution in [0.1, 0.15) is 50.3 Å². The van der Waals surface area contributed by atoms with Crippen LogP contribution in [0.2, 0.25) is 5.15 Å². The van der Waals surface area contributed by atoms with Gasteiger partial charge in [-0.3, -0.25) is 18.8 Å². The van der Waals surface area contributed by atoms with E-state index in [0.29, 0.717) is 35.5 Å². The lowest BCUT2D eigenvalue weighted by Crippen LogP contribution is -2.32. The number of rotatable bonds is 7. The molecule has 0 bridgehead atoms. The van der Waals surface area contributed by atoms with Gasteiger partial charge in [-0.15, -0.1) is 0 Å². The summed E-state index contributed by atoms with van der Waals surface area (Å²) in [5, 5.41) is 7.98. The van der Waals surface area contributed by atoms with E-state index in [-0.39, 0.29) is 39.8 Å². The molecule has 2 fully saturated rings. The Morgan fingerprint density at radius 1 is 1.19 bits per heavy atom. The molecule has 3 aromatic heterocycles. The highest BCUT2D eigenvalue weighted by Crippen LogP contribution is 2.58. The Hall–Kier alpha value is -3.97. The third-order valence-corrected chi connectivity index (χ3v) is 8.72. The Kier molecular flexibility index (Phi) is 5.91. The first-order valence-corrected chi connectivity index (χ1v) is 15.6. The van der Waals surface area contributed by atoms with Crippen LogP contribution in [0.3, 0.4) is 0 Å². The maximum Gasteiger partial charge on any atom is 0.285 e. The average molecular weight is 614 g/mol. The Labute approximate surface area is 252 Å². The third kappa shape index (κ3) is 5.11. The lowest BCUT2D eigenvalue weighted by molar-refractivity contribution is 0.0977. The van der Waals surface area contributed by atoms with Crippen LogP contribution in [0, 0.1) is 18.8 Å². The van der Waals surface area contributed by atoms with Gasteiger partial charge >= 0.3 is 0 Å². The van der Waals surface area contributed by atoms with Crippen LogP contribution < -0.4 is 20.5 Å². The number of sulfonamides is 1. The first-order valence-electron chi connectivity index (χ1n) is 14.8. The second-order valence-electron chi connectivity index (χ2n) is 11.1. The molecule has 0 radical (unpaired) electrons. The van der Waals surface area contributed by atoms with Crippen molar-refractivity contribution in [2.45, 2.75) is 25.8 Å². The molecule has 1 saturated heterocycles. The van der Waals surface area contributed by atoms with Gasteiger partial charge in [0.2, 0.25) is 16.0 Å². The minimum Gasteiger partial charge on any atom is -0.377 e. The van der Waals surface area contributed by atoms with Crippen molar-refractivity contribution in [2.24, 2.45) is 25.9 Å². The molecule has 220 valence electrons. The molecule has 42 heavy (non-hydrogen) atoms. The summed E-state index contributed by atoms with van der Waals surface area (Å²) in [5.41, 5.74) is 2.64. The zero-order valence-corrected chi connectivity index (χ0v) is 24.9. The fourth-order valence-corrected chi connectivity index (χ4v) is 6.63. The molecule has 4 atom stereocenters. The van der Waals surface area contributed by atoms with Gasteiger partial charge in [0, 0.05) is 48.9 Å². The minimum atomic E-state index is -3.85. The first kappa shape index (κ1) is 24.6. The number of benzene rings is 1. The average Bonchev–Trinajstić information content (AvgIpc) is 3.28. The molecule has 12 nitrogen and oxygen atoms in total. The molecule has 4 aromatic rings. The number of halogens is 1. The molecule has 2 aliphatic rings. The van der Waals surface area contributed by atoms with Crippen LogP contribution in [0.4, 0.5) is 11.6 Å². The first-order chi connectivity index (χ1) is 21.0. The molecule has 1 aliphatic heterocycles. The van der Waals surface area contributed by atoms with Crippen LogP contribution in [-0.2, 0) is 24.0 Å². The van der Waals surface area contributed by atoms with Crippen LogP contribution in [0.15, 0.2) is 41.3 Å². The fourth-order valence-electron chi connectivity index (χ4n) is 6.05. The zero-order valence-electron chi connectivity index (χ0n) is 26.3. The zero-order chi connectivity index (χ0) is 32.6. The summed E-state index contributed by atoms with van der Waals surface area (Å²) >= 11 is 6.03. The van der Waals surface area contributed by atoms with E-state index in [0.717, 1.165) is 22.2 Å². The number of aromatic nitrogens is 5. The van der Waals surface area contributed by atoms with Gasteiger partial charge in [0.25, 0.3) is 11.5 Å². The number of piperidine rings is 1. The number of amides is 1. The Morgan fingerprint density at radius 2 is 1.93 bits per heavy atom. The number of fused-ring (bicyclic) bond motifs is 2. The number of hydrogen-bond donors (Lipinski definition) is 2. The fraction of sp³-hybridized carbons (Fsp3) is 0.393. The molecule has 1 saturated carbocycles. The Balaban J connectivity index is 1.30. The smallest absolute Gasteiger partial charge is 0.285 e. The number of pyridine rings is 1. The highest BCUT2D eigenvalue weighted by atomic mass is 35.5. The largest absolute Gasteiger partial charge is 0.377 e. The number of carbonyl (C=O) groups excluding carboxylic acids is 1. The summed E-state index contributed by atoms with van der Waals surface area (Å²) in [6.07, 6.45) is 2.36. The van der Waals surface area contributed by atoms with E-state index in [9.17, 15) is 18.0 Å². The van der Waals surface area contributed by atoms with Gasteiger partial charge < -0.3 is 10.2 Å². The standard InChI is InChI=1S/C28H31ClN8O4S/c1-14-10-16(15(2)30-21-6-7-22(29)31-25(21)26(38)34-42(5,40)41)24-17(11-14)27(39)36(4)28(32-24)37-12-18-19(13-37)23(18)20-8-9-35(3)33-20/h6-11,15,18-19,23,30H,12-13H2,1-5H3,(H,34,38)/t15-,18-,19+,23?/m1/s1/i3D3. The molecule has 1 aromatic carbocycles. The molecule has 2 N–H and O–H groups in total. The van der Waals surface area contributed by atoms with Crippen molar-refractivity contribution >= 4 is 50.1 Å². The lowest BCUT2D eigenvalue weighted by atomic mass is 10.0. The van der Waals surface area contributed by atoms with Gasteiger partial charge in [0.15, 0.2) is 5.69 Å². The van der Waals surface area contributed by atoms with E-state index in [2.05, 4.69) is 20.3 Å². The molecular weight excluding hydrogens is 580 g/mol. The van der Waals surface area contributed by atoms with Crippen molar-refractivity contribution in [1.82, 2.24) is 29.0 Å². The molecule has 1 amide bonds. The van der Waals surface area contributed by atoms with Gasteiger partial charge in [-0.25, -0.2) is 23.1 Å². The second kappa shape index (κ2) is 10.1. The summed E-state index contributed by atoms with van der Waals surface area (Å²) in [7, 11) is -2.16. The maximum absolute atomic E-state index is 13.7. The van der Waals surface area contributed by atoms with Crippen LogP contribution in [-0.4, -0.2) is 58.0 Å². The second-order valence-corrected chi connectivity index (χ2v) is 13.2. The van der Waals surface area contributed by atoms with Gasteiger partial charge in [0.1, 0.15) is 5.15 Å². The van der Waals surface area contributed by atoms with E-state index in [1.807, 2.05) is 24.6 Å². The van der Waals surface area contributed by atoms with Crippen molar-refractivity contribution in [1.29, 1.82) is 0 Å². The van der Waals surface area contributed by atoms with E-state index < -0.39 is 28.9 Å². The number of anilines is 2. The summed E-state index contributed by atoms with van der Waals surface area (Å²) in [4.78, 5) is 37.5. The topological polar surface area (TPSA) is 144 Å². The summed E-state index contributed by atoms with van der Waals surface area (Å²) in [6, 6.07) is 7.99. The van der Waals surface area contributed by atoms with Gasteiger partial charge in [-0.1, -0.05) is 17.7 Å². The maximum atomic E-state index is 13.7. The van der Waals surface area contributed by atoms with E-state index in [1.54, 1.807) is 23.7 Å². The predicted octanol–water partition coefficient (Wildman–Crippen LogP) is 2.74. The van der Waals surface area contributed by atoms with Crippen molar-refractivity contribution in [3.63, 3.8) is 0 Å². The number of nitrogens with zero attached hydrogens (tertiary/aromatic N) is 6. The number of hydrogen-bond acceptors (Lipinski definition) is 9. The van der Waals surface area contributed by atoms with E-state index >= 15 is 0 Å². The van der Waals surface area contributed by atoms with Crippen LogP contribution in [0.5, 0.6) is 0 Å². The molecule has 14 heteroatoms. The van der Waals surface area contributed by atoms with Crippen LogP contribution >= 0.6 is 11.6 Å². The molecule has 1 aliphatic carbocycles. The monoisotopic (exact) mass is 613 g/mol. The Bertz CT molecular complexity index is 2020. The predicted molar refractivity (Wildman–Crippen MR) is 160 cm³/mol. The summed E-state index contributed by atoms with van der Waals surface area (Å²) < 4.78 is 50.6. The van der Waals surface area contributed by atoms with Crippen molar-refractivity contribution in [3.05, 3.63) is 74.6 Å². The van der Waals surface area contributed by atoms with Gasteiger partial charge in [-0.2, -0.15) is 5.10 Å². The number of nitrogens with one attached hydrogen (secondary N) is 2. The SMILES string of the molecule is [2H]C([2H])([2H])n1ccc(C2[C@H]3CN(c4nc5c([C@@H](C)Nc6ccc(Cl)nc6C(=O)NS(C)(=O)=O)cc(C)cc5c(=O)n4C)C[C@@H]23)n1. The van der Waals surface area contributed by atoms with Gasteiger partial charge in [-0.05, 0) is 55.5 Å². The Morgan fingerprint density at radius 3 is 2.60 bits per heavy atom. The van der Waals surface area contributed by atoms with E-state index in [1.165, 1.54) is 18.3 Å². The van der Waals surface area contributed by atoms with Crippen molar-refractivity contribution in [2.75, 3.05) is 29.6 Å². The minimum absolute atomic E-state index is 0.0131. The third-order valence-electron chi connectivity index (χ3n) is 7.95.